The van der Waals surface area contributed by atoms with Crippen LogP contribution in [-0.4, -0.2) is 23.3 Å². The lowest BCUT2D eigenvalue weighted by atomic mass is 9.91. The molecule has 0 spiro atoms. The maximum Gasteiger partial charge on any atom is 0.0541 e. The van der Waals surface area contributed by atoms with Crippen molar-refractivity contribution >= 4 is 0 Å². The summed E-state index contributed by atoms with van der Waals surface area (Å²) in [4.78, 5) is 0. The third-order valence-electron chi connectivity index (χ3n) is 4.43. The second kappa shape index (κ2) is 8.43. The zero-order chi connectivity index (χ0) is 14.2. The summed E-state index contributed by atoms with van der Waals surface area (Å²) in [6, 6.07) is 12.0. The van der Waals surface area contributed by atoms with Crippen LogP contribution in [0, 0.1) is 0 Å². The molecular formula is C18H29NO. The summed E-state index contributed by atoms with van der Waals surface area (Å²) in [5.74, 6) is 0. The van der Waals surface area contributed by atoms with Gasteiger partial charge in [0.1, 0.15) is 0 Å². The van der Waals surface area contributed by atoms with Crippen molar-refractivity contribution in [2.45, 2.75) is 76.5 Å². The number of hydrogen-bond acceptors (Lipinski definition) is 2. The molecule has 1 aliphatic rings. The zero-order valence-corrected chi connectivity index (χ0v) is 12.7. The molecule has 2 nitrogen and oxygen atoms in total. The van der Waals surface area contributed by atoms with Gasteiger partial charge in [-0.05, 0) is 50.5 Å². The number of rotatable bonds is 7. The Balaban J connectivity index is 1.78. The van der Waals surface area contributed by atoms with Crippen molar-refractivity contribution in [2.75, 3.05) is 0 Å². The topological polar surface area (TPSA) is 32.3 Å². The summed E-state index contributed by atoms with van der Waals surface area (Å²) >= 11 is 0. The van der Waals surface area contributed by atoms with Gasteiger partial charge in [0.2, 0.25) is 0 Å². The zero-order valence-electron chi connectivity index (χ0n) is 12.7. The van der Waals surface area contributed by atoms with Gasteiger partial charge in [-0.15, -0.1) is 0 Å². The molecule has 0 heterocycles. The second-order valence-corrected chi connectivity index (χ2v) is 6.18. The van der Waals surface area contributed by atoms with Gasteiger partial charge in [-0.2, -0.15) is 0 Å². The van der Waals surface area contributed by atoms with Crippen LogP contribution in [0.25, 0.3) is 0 Å². The van der Waals surface area contributed by atoms with Gasteiger partial charge in [0.15, 0.2) is 0 Å². The minimum absolute atomic E-state index is 0.0537. The smallest absolute Gasteiger partial charge is 0.0541 e. The van der Waals surface area contributed by atoms with Gasteiger partial charge in [0.25, 0.3) is 0 Å². The molecule has 20 heavy (non-hydrogen) atoms. The molecule has 2 heteroatoms. The normalized spacial score (nSPS) is 24.5. The van der Waals surface area contributed by atoms with E-state index in [4.69, 9.17) is 0 Å². The van der Waals surface area contributed by atoms with Crippen molar-refractivity contribution in [3.8, 4) is 0 Å². The lowest BCUT2D eigenvalue weighted by Gasteiger charge is -2.30. The van der Waals surface area contributed by atoms with Crippen molar-refractivity contribution in [3.05, 3.63) is 35.9 Å². The van der Waals surface area contributed by atoms with Crippen LogP contribution in [0.15, 0.2) is 30.3 Å². The summed E-state index contributed by atoms with van der Waals surface area (Å²) in [5.41, 5.74) is 1.44. The molecule has 0 radical (unpaired) electrons. The maximum atomic E-state index is 9.59. The summed E-state index contributed by atoms with van der Waals surface area (Å²) < 4.78 is 0. The van der Waals surface area contributed by atoms with Crippen molar-refractivity contribution in [1.82, 2.24) is 5.32 Å². The fourth-order valence-electron chi connectivity index (χ4n) is 3.22. The molecule has 1 aliphatic carbocycles. The van der Waals surface area contributed by atoms with Gasteiger partial charge in [-0.25, -0.2) is 0 Å². The lowest BCUT2D eigenvalue weighted by Crippen LogP contribution is -2.41. The molecule has 1 aromatic rings. The average molecular weight is 275 g/mol. The highest BCUT2D eigenvalue weighted by Gasteiger charge is 2.21. The summed E-state index contributed by atoms with van der Waals surface area (Å²) in [6.07, 6.45) is 9.02. The molecule has 1 atom stereocenters. The number of hydrogen-bond donors (Lipinski definition) is 2. The minimum atomic E-state index is -0.0537. The summed E-state index contributed by atoms with van der Waals surface area (Å²) in [7, 11) is 0. The Hall–Kier alpha value is -0.860. The van der Waals surface area contributed by atoms with Crippen LogP contribution in [-0.2, 0) is 6.42 Å². The number of benzene rings is 1. The van der Waals surface area contributed by atoms with Gasteiger partial charge < -0.3 is 10.4 Å². The van der Waals surface area contributed by atoms with E-state index < -0.39 is 0 Å². The molecule has 1 aromatic carbocycles. The fourth-order valence-corrected chi connectivity index (χ4v) is 3.22. The van der Waals surface area contributed by atoms with Crippen LogP contribution >= 0.6 is 0 Å². The van der Waals surface area contributed by atoms with E-state index in [1.807, 2.05) is 0 Å². The molecule has 1 fully saturated rings. The van der Waals surface area contributed by atoms with Gasteiger partial charge in [0.05, 0.1) is 6.10 Å². The predicted octanol–water partition coefficient (Wildman–Crippen LogP) is 3.68. The Morgan fingerprint density at radius 1 is 1.10 bits per heavy atom. The Bertz CT molecular complexity index is 357. The predicted molar refractivity (Wildman–Crippen MR) is 84.9 cm³/mol. The monoisotopic (exact) mass is 275 g/mol. The minimum Gasteiger partial charge on any atom is -0.393 e. The van der Waals surface area contributed by atoms with E-state index in [9.17, 15) is 5.11 Å². The van der Waals surface area contributed by atoms with Crippen molar-refractivity contribution in [3.63, 3.8) is 0 Å². The van der Waals surface area contributed by atoms with E-state index in [0.717, 1.165) is 32.1 Å². The van der Waals surface area contributed by atoms with Gasteiger partial charge >= 0.3 is 0 Å². The van der Waals surface area contributed by atoms with Crippen LogP contribution in [0.5, 0.6) is 0 Å². The Kier molecular flexibility index (Phi) is 6.55. The first-order chi connectivity index (χ1) is 9.78. The highest BCUT2D eigenvalue weighted by molar-refractivity contribution is 5.14. The molecule has 1 saturated carbocycles. The Morgan fingerprint density at radius 2 is 1.80 bits per heavy atom. The number of aryl methyl sites for hydroxylation is 1. The molecule has 2 N–H and O–H groups in total. The molecule has 0 amide bonds. The molecule has 0 aliphatic heterocycles. The molecule has 2 rings (SSSR count). The summed E-state index contributed by atoms with van der Waals surface area (Å²) in [5, 5.41) is 13.4. The van der Waals surface area contributed by atoms with Crippen LogP contribution < -0.4 is 5.32 Å². The van der Waals surface area contributed by atoms with Crippen molar-refractivity contribution in [2.24, 2.45) is 0 Å². The van der Waals surface area contributed by atoms with E-state index >= 15 is 0 Å². The van der Waals surface area contributed by atoms with Gasteiger partial charge in [-0.1, -0.05) is 43.7 Å². The van der Waals surface area contributed by atoms with E-state index in [2.05, 4.69) is 42.6 Å². The Morgan fingerprint density at radius 3 is 2.45 bits per heavy atom. The highest BCUT2D eigenvalue weighted by Crippen LogP contribution is 2.20. The van der Waals surface area contributed by atoms with Crippen LogP contribution in [0.2, 0.25) is 0 Å². The molecule has 0 saturated heterocycles. The van der Waals surface area contributed by atoms with Crippen LogP contribution in [0.3, 0.4) is 0 Å². The third-order valence-corrected chi connectivity index (χ3v) is 4.43. The van der Waals surface area contributed by atoms with Crippen LogP contribution in [0.4, 0.5) is 0 Å². The quantitative estimate of drug-likeness (QED) is 0.795. The second-order valence-electron chi connectivity index (χ2n) is 6.18. The third kappa shape index (κ3) is 5.26. The number of aliphatic hydroxyl groups is 1. The van der Waals surface area contributed by atoms with E-state index in [1.165, 1.54) is 24.8 Å². The Labute approximate surface area is 123 Å². The molecule has 0 aromatic heterocycles. The first-order valence-corrected chi connectivity index (χ1v) is 8.26. The molecule has 1 unspecified atom stereocenters. The molecule has 0 bridgehead atoms. The average Bonchev–Trinajstić information content (AvgIpc) is 2.48. The summed E-state index contributed by atoms with van der Waals surface area (Å²) in [6.45, 7) is 2.27. The van der Waals surface area contributed by atoms with Gasteiger partial charge in [0, 0.05) is 12.1 Å². The first-order valence-electron chi connectivity index (χ1n) is 8.26. The molecule has 112 valence electrons. The number of aliphatic hydroxyl groups excluding tert-OH is 1. The SMILES string of the molecule is CCCC(CCc1ccccc1)NC1CCC(O)CC1. The largest absolute Gasteiger partial charge is 0.393 e. The fraction of sp³-hybridized carbons (Fsp3) is 0.667. The van der Waals surface area contributed by atoms with E-state index in [0.29, 0.717) is 12.1 Å². The highest BCUT2D eigenvalue weighted by atomic mass is 16.3. The van der Waals surface area contributed by atoms with Crippen LogP contribution in [0.1, 0.15) is 57.4 Å². The maximum absolute atomic E-state index is 9.59. The molecular weight excluding hydrogens is 246 g/mol. The van der Waals surface area contributed by atoms with E-state index in [-0.39, 0.29) is 6.10 Å². The van der Waals surface area contributed by atoms with Crippen molar-refractivity contribution < 1.29 is 5.11 Å². The first kappa shape index (κ1) is 15.5. The standard InChI is InChI=1S/C18H29NO/c1-2-6-16(10-9-15-7-4-3-5-8-15)19-17-11-13-18(20)14-12-17/h3-5,7-8,16-20H,2,6,9-14H2,1H3. The van der Waals surface area contributed by atoms with Gasteiger partial charge in [-0.3, -0.25) is 0 Å². The lowest BCUT2D eigenvalue weighted by molar-refractivity contribution is 0.113. The number of nitrogens with one attached hydrogen (secondary N) is 1. The van der Waals surface area contributed by atoms with E-state index in [1.54, 1.807) is 0 Å². The van der Waals surface area contributed by atoms with Crippen molar-refractivity contribution in [1.29, 1.82) is 0 Å².